The smallest absolute Gasteiger partial charge is 0.414 e. The Labute approximate surface area is 114 Å². The second kappa shape index (κ2) is 6.95. The summed E-state index contributed by atoms with van der Waals surface area (Å²) in [5, 5.41) is 3.28. The summed E-state index contributed by atoms with van der Waals surface area (Å²) in [6, 6.07) is 9.73. The van der Waals surface area contributed by atoms with Crippen LogP contribution in [0.25, 0.3) is 0 Å². The highest BCUT2D eigenvalue weighted by Crippen LogP contribution is 2.13. The summed E-state index contributed by atoms with van der Waals surface area (Å²) in [4.78, 5) is 13.9. The molecule has 19 heavy (non-hydrogen) atoms. The first kappa shape index (κ1) is 13.6. The number of carbonyl (C=O) groups excluding carboxylic acids is 1. The summed E-state index contributed by atoms with van der Waals surface area (Å²) in [7, 11) is 0. The minimum atomic E-state index is -0.263. The van der Waals surface area contributed by atoms with Crippen LogP contribution in [0, 0.1) is 0 Å². The maximum Gasteiger partial charge on any atom is 0.414 e. The molecule has 0 unspecified atom stereocenters. The molecule has 4 heteroatoms. The number of rotatable bonds is 2. The molecule has 0 saturated carbocycles. The van der Waals surface area contributed by atoms with Crippen molar-refractivity contribution in [3.63, 3.8) is 0 Å². The Balaban J connectivity index is 1.94. The highest BCUT2D eigenvalue weighted by Gasteiger charge is 2.20. The van der Waals surface area contributed by atoms with Gasteiger partial charge in [-0.25, -0.2) is 4.79 Å². The molecule has 1 aliphatic heterocycles. The quantitative estimate of drug-likeness (QED) is 0.888. The number of benzene rings is 1. The first-order chi connectivity index (χ1) is 9.31. The number of carbonyl (C=O) groups is 1. The Morgan fingerprint density at radius 2 is 2.16 bits per heavy atom. The van der Waals surface area contributed by atoms with E-state index in [1.54, 1.807) is 4.90 Å². The Hall–Kier alpha value is -1.81. The van der Waals surface area contributed by atoms with Crippen LogP contribution in [0.5, 0.6) is 0 Å². The van der Waals surface area contributed by atoms with Gasteiger partial charge in [-0.05, 0) is 12.5 Å². The molecule has 1 heterocycles. The molecule has 1 amide bonds. The number of nitrogens with zero attached hydrogens (tertiary/aromatic N) is 1. The van der Waals surface area contributed by atoms with Gasteiger partial charge in [0, 0.05) is 31.8 Å². The highest BCUT2D eigenvalue weighted by molar-refractivity contribution is 5.70. The van der Waals surface area contributed by atoms with Crippen molar-refractivity contribution in [1.29, 1.82) is 0 Å². The van der Waals surface area contributed by atoms with Gasteiger partial charge in [-0.1, -0.05) is 36.4 Å². The van der Waals surface area contributed by atoms with Crippen LogP contribution in [0.15, 0.2) is 42.1 Å². The standard InChI is InChI=1S/C15H20N2O2/c1-2-14-8-9-16-10-11-17(14)15(18)19-12-13-6-4-3-5-7-13/h2-7,16H,8-12H2,1H3/b14-2-. The van der Waals surface area contributed by atoms with Gasteiger partial charge in [0.1, 0.15) is 6.61 Å². The van der Waals surface area contributed by atoms with E-state index in [-0.39, 0.29) is 6.09 Å². The summed E-state index contributed by atoms with van der Waals surface area (Å²) in [6.45, 7) is 4.64. The molecule has 0 atom stereocenters. The van der Waals surface area contributed by atoms with E-state index in [4.69, 9.17) is 4.74 Å². The van der Waals surface area contributed by atoms with Crippen LogP contribution in [-0.2, 0) is 11.3 Å². The minimum Gasteiger partial charge on any atom is -0.444 e. The van der Waals surface area contributed by atoms with Gasteiger partial charge in [-0.2, -0.15) is 0 Å². The summed E-state index contributed by atoms with van der Waals surface area (Å²) < 4.78 is 5.37. The molecule has 0 radical (unpaired) electrons. The third kappa shape index (κ3) is 3.83. The summed E-state index contributed by atoms with van der Waals surface area (Å²) in [6.07, 6.45) is 2.58. The largest absolute Gasteiger partial charge is 0.444 e. The molecule has 0 bridgehead atoms. The van der Waals surface area contributed by atoms with Gasteiger partial charge in [0.05, 0.1) is 0 Å². The fourth-order valence-corrected chi connectivity index (χ4v) is 2.12. The third-order valence-electron chi connectivity index (χ3n) is 3.18. The van der Waals surface area contributed by atoms with Crippen LogP contribution in [-0.4, -0.2) is 30.6 Å². The van der Waals surface area contributed by atoms with E-state index in [2.05, 4.69) is 5.32 Å². The zero-order valence-electron chi connectivity index (χ0n) is 11.3. The van der Waals surface area contributed by atoms with Crippen molar-refractivity contribution in [3.8, 4) is 0 Å². The van der Waals surface area contributed by atoms with E-state index in [1.807, 2.05) is 43.3 Å². The van der Waals surface area contributed by atoms with E-state index in [1.165, 1.54) is 0 Å². The Morgan fingerprint density at radius 1 is 1.37 bits per heavy atom. The second-order valence-corrected chi connectivity index (χ2v) is 4.47. The van der Waals surface area contributed by atoms with E-state index >= 15 is 0 Å². The molecule has 4 nitrogen and oxygen atoms in total. The topological polar surface area (TPSA) is 41.6 Å². The zero-order chi connectivity index (χ0) is 13.5. The average Bonchev–Trinajstić information content (AvgIpc) is 2.71. The van der Waals surface area contributed by atoms with Crippen molar-refractivity contribution in [2.45, 2.75) is 20.0 Å². The van der Waals surface area contributed by atoms with E-state index in [9.17, 15) is 4.79 Å². The summed E-state index contributed by atoms with van der Waals surface area (Å²) in [5.41, 5.74) is 2.04. The van der Waals surface area contributed by atoms with Crippen molar-refractivity contribution in [1.82, 2.24) is 10.2 Å². The molecule has 0 aliphatic carbocycles. The molecule has 1 aromatic rings. The monoisotopic (exact) mass is 260 g/mol. The molecule has 0 aromatic heterocycles. The molecule has 102 valence electrons. The van der Waals surface area contributed by atoms with Crippen molar-refractivity contribution in [2.24, 2.45) is 0 Å². The molecule has 1 aliphatic rings. The second-order valence-electron chi connectivity index (χ2n) is 4.47. The molecule has 1 N–H and O–H groups in total. The number of amides is 1. The van der Waals surface area contributed by atoms with E-state index < -0.39 is 0 Å². The lowest BCUT2D eigenvalue weighted by Crippen LogP contribution is -2.33. The van der Waals surface area contributed by atoms with Crippen LogP contribution < -0.4 is 5.32 Å². The Bertz CT molecular complexity index is 443. The van der Waals surface area contributed by atoms with Crippen LogP contribution >= 0.6 is 0 Å². The van der Waals surface area contributed by atoms with Gasteiger partial charge in [0.15, 0.2) is 0 Å². The molecule has 2 rings (SSSR count). The predicted molar refractivity (Wildman–Crippen MR) is 74.6 cm³/mol. The summed E-state index contributed by atoms with van der Waals surface area (Å²) >= 11 is 0. The van der Waals surface area contributed by atoms with Gasteiger partial charge in [0.25, 0.3) is 0 Å². The first-order valence-corrected chi connectivity index (χ1v) is 6.65. The van der Waals surface area contributed by atoms with Gasteiger partial charge < -0.3 is 10.1 Å². The van der Waals surface area contributed by atoms with Crippen LogP contribution in [0.4, 0.5) is 4.79 Å². The predicted octanol–water partition coefficient (Wildman–Crippen LogP) is 2.52. The fraction of sp³-hybridized carbons (Fsp3) is 0.400. The molecular weight excluding hydrogens is 240 g/mol. The van der Waals surface area contributed by atoms with Gasteiger partial charge in [0.2, 0.25) is 0 Å². The van der Waals surface area contributed by atoms with Gasteiger partial charge in [-0.15, -0.1) is 0 Å². The normalized spacial score (nSPS) is 18.2. The van der Waals surface area contributed by atoms with Crippen molar-refractivity contribution < 1.29 is 9.53 Å². The average molecular weight is 260 g/mol. The van der Waals surface area contributed by atoms with Gasteiger partial charge >= 0.3 is 6.09 Å². The molecule has 0 spiro atoms. The lowest BCUT2D eigenvalue weighted by Gasteiger charge is -2.22. The molecule has 1 saturated heterocycles. The van der Waals surface area contributed by atoms with E-state index in [0.29, 0.717) is 13.2 Å². The maximum absolute atomic E-state index is 12.1. The van der Waals surface area contributed by atoms with Gasteiger partial charge in [-0.3, -0.25) is 4.90 Å². The third-order valence-corrected chi connectivity index (χ3v) is 3.18. The number of hydrogen-bond acceptors (Lipinski definition) is 3. The Morgan fingerprint density at radius 3 is 2.89 bits per heavy atom. The van der Waals surface area contributed by atoms with Crippen molar-refractivity contribution in [2.75, 3.05) is 19.6 Å². The van der Waals surface area contributed by atoms with Crippen LogP contribution in [0.2, 0.25) is 0 Å². The van der Waals surface area contributed by atoms with Crippen molar-refractivity contribution in [3.05, 3.63) is 47.7 Å². The maximum atomic E-state index is 12.1. The van der Waals surface area contributed by atoms with Crippen molar-refractivity contribution >= 4 is 6.09 Å². The SMILES string of the molecule is C/C=C1/CCNCCN1C(=O)OCc1ccccc1. The number of hydrogen-bond donors (Lipinski definition) is 1. The first-order valence-electron chi connectivity index (χ1n) is 6.65. The Kier molecular flexibility index (Phi) is 4.98. The van der Waals surface area contributed by atoms with E-state index in [0.717, 1.165) is 30.8 Å². The number of ether oxygens (including phenoxy) is 1. The number of nitrogens with one attached hydrogen (secondary N) is 1. The van der Waals surface area contributed by atoms with Crippen LogP contribution in [0.1, 0.15) is 18.9 Å². The van der Waals surface area contributed by atoms with Crippen LogP contribution in [0.3, 0.4) is 0 Å². The fourth-order valence-electron chi connectivity index (χ4n) is 2.12. The lowest BCUT2D eigenvalue weighted by molar-refractivity contribution is 0.107. The molecule has 1 aromatic carbocycles. The molecular formula is C15H20N2O2. The minimum absolute atomic E-state index is 0.263. The highest BCUT2D eigenvalue weighted by atomic mass is 16.6. The zero-order valence-corrected chi connectivity index (χ0v) is 11.3. The molecule has 1 fully saturated rings. The lowest BCUT2D eigenvalue weighted by atomic mass is 10.2. The summed E-state index contributed by atoms with van der Waals surface area (Å²) in [5.74, 6) is 0. The number of allylic oxidation sites excluding steroid dienone is 1.